The quantitative estimate of drug-likeness (QED) is 0.206. The topological polar surface area (TPSA) is 77.4 Å². The molecule has 0 bridgehead atoms. The molecule has 0 saturated heterocycles. The van der Waals surface area contributed by atoms with Crippen molar-refractivity contribution in [2.45, 2.75) is 12.8 Å². The van der Waals surface area contributed by atoms with Crippen molar-refractivity contribution in [3.8, 4) is 6.19 Å². The third-order valence-electron chi connectivity index (χ3n) is 1.47. The fraction of sp³-hybridized carbons (Fsp3) is 0.750. The molecule has 5 heteroatoms. The van der Waals surface area contributed by atoms with Crippen LogP contribution in [0, 0.1) is 11.5 Å². The summed E-state index contributed by atoms with van der Waals surface area (Å²) in [5.41, 5.74) is 5.34. The van der Waals surface area contributed by atoms with Crippen LogP contribution in [0.4, 0.5) is 0 Å². The Balaban J connectivity index is 3.84. The Morgan fingerprint density at radius 1 is 1.54 bits per heavy atom. The Kier molecular flexibility index (Phi) is 6.65. The Bertz CT molecular complexity index is 191. The SMILES string of the molecule is CN(C)C(=NCCCCN)NC#N. The lowest BCUT2D eigenvalue weighted by Gasteiger charge is -2.12. The molecule has 3 N–H and O–H groups in total. The van der Waals surface area contributed by atoms with Crippen LogP contribution in [0.25, 0.3) is 0 Å². The molecular weight excluding hydrogens is 166 g/mol. The minimum atomic E-state index is 0.597. The zero-order valence-corrected chi connectivity index (χ0v) is 8.25. The number of hydrogen-bond acceptors (Lipinski definition) is 3. The van der Waals surface area contributed by atoms with E-state index in [1.165, 1.54) is 0 Å². The van der Waals surface area contributed by atoms with Crippen molar-refractivity contribution < 1.29 is 0 Å². The van der Waals surface area contributed by atoms with Crippen molar-refractivity contribution >= 4 is 5.96 Å². The molecule has 0 atom stereocenters. The Morgan fingerprint density at radius 2 is 2.23 bits per heavy atom. The standard InChI is InChI=1S/C8H17N5/c1-13(2)8(12-7-10)11-6-4-3-5-9/h3-6,9H2,1-2H3,(H,11,12). The van der Waals surface area contributed by atoms with Crippen molar-refractivity contribution in [2.75, 3.05) is 27.2 Å². The first-order valence-corrected chi connectivity index (χ1v) is 4.29. The summed E-state index contributed by atoms with van der Waals surface area (Å²) >= 11 is 0. The minimum Gasteiger partial charge on any atom is -0.348 e. The third kappa shape index (κ3) is 5.93. The molecule has 0 aromatic rings. The summed E-state index contributed by atoms with van der Waals surface area (Å²) in [7, 11) is 3.68. The van der Waals surface area contributed by atoms with Crippen molar-refractivity contribution in [1.82, 2.24) is 10.2 Å². The van der Waals surface area contributed by atoms with Crippen LogP contribution in [0.3, 0.4) is 0 Å². The van der Waals surface area contributed by atoms with Crippen LogP contribution in [0.15, 0.2) is 4.99 Å². The molecule has 0 radical (unpaired) electrons. The van der Waals surface area contributed by atoms with Crippen LogP contribution >= 0.6 is 0 Å². The number of aliphatic imine (C=N–C) groups is 1. The zero-order chi connectivity index (χ0) is 10.1. The summed E-state index contributed by atoms with van der Waals surface area (Å²) in [6.07, 6.45) is 3.77. The summed E-state index contributed by atoms with van der Waals surface area (Å²) in [5, 5.41) is 10.9. The van der Waals surface area contributed by atoms with Crippen LogP contribution < -0.4 is 11.1 Å². The van der Waals surface area contributed by atoms with Crippen LogP contribution in [-0.4, -0.2) is 38.0 Å². The predicted octanol–water partition coefficient (Wildman–Crippen LogP) is -0.286. The lowest BCUT2D eigenvalue weighted by Crippen LogP contribution is -2.33. The van der Waals surface area contributed by atoms with Crippen LogP contribution in [0.1, 0.15) is 12.8 Å². The van der Waals surface area contributed by atoms with Gasteiger partial charge in [-0.2, -0.15) is 5.26 Å². The zero-order valence-electron chi connectivity index (χ0n) is 8.25. The molecule has 0 aromatic carbocycles. The van der Waals surface area contributed by atoms with E-state index < -0.39 is 0 Å². The summed E-state index contributed by atoms with van der Waals surface area (Å²) < 4.78 is 0. The van der Waals surface area contributed by atoms with Gasteiger partial charge in [0.05, 0.1) is 0 Å². The van der Waals surface area contributed by atoms with Crippen LogP contribution in [-0.2, 0) is 0 Å². The van der Waals surface area contributed by atoms with E-state index in [-0.39, 0.29) is 0 Å². The number of nitriles is 1. The molecule has 0 rings (SSSR count). The predicted molar refractivity (Wildman–Crippen MR) is 53.0 cm³/mol. The average molecular weight is 183 g/mol. The molecule has 0 amide bonds. The van der Waals surface area contributed by atoms with Gasteiger partial charge in [-0.3, -0.25) is 10.3 Å². The second kappa shape index (κ2) is 7.37. The van der Waals surface area contributed by atoms with Gasteiger partial charge in [0.1, 0.15) is 0 Å². The maximum absolute atomic E-state index is 8.40. The van der Waals surface area contributed by atoms with Gasteiger partial charge in [-0.25, -0.2) is 0 Å². The van der Waals surface area contributed by atoms with E-state index in [1.807, 2.05) is 20.3 Å². The molecule has 0 unspecified atom stereocenters. The molecule has 0 spiro atoms. The van der Waals surface area contributed by atoms with E-state index in [1.54, 1.807) is 4.90 Å². The van der Waals surface area contributed by atoms with Gasteiger partial charge < -0.3 is 10.6 Å². The Morgan fingerprint density at radius 3 is 2.69 bits per heavy atom. The fourth-order valence-electron chi connectivity index (χ4n) is 0.784. The van der Waals surface area contributed by atoms with Crippen molar-refractivity contribution in [3.63, 3.8) is 0 Å². The first-order chi connectivity index (χ1) is 6.22. The van der Waals surface area contributed by atoms with Gasteiger partial charge in [0, 0.05) is 20.6 Å². The Hall–Kier alpha value is -1.28. The highest BCUT2D eigenvalue weighted by molar-refractivity contribution is 5.80. The van der Waals surface area contributed by atoms with E-state index in [4.69, 9.17) is 11.0 Å². The van der Waals surface area contributed by atoms with Crippen molar-refractivity contribution in [3.05, 3.63) is 0 Å². The molecule has 0 aliphatic carbocycles. The maximum atomic E-state index is 8.40. The minimum absolute atomic E-state index is 0.597. The lowest BCUT2D eigenvalue weighted by molar-refractivity contribution is 0.594. The molecule has 0 aliphatic rings. The van der Waals surface area contributed by atoms with Crippen molar-refractivity contribution in [1.29, 1.82) is 5.26 Å². The summed E-state index contributed by atoms with van der Waals surface area (Å²) in [4.78, 5) is 5.97. The molecule has 0 heterocycles. The second-order valence-corrected chi connectivity index (χ2v) is 2.83. The van der Waals surface area contributed by atoms with Gasteiger partial charge >= 0.3 is 0 Å². The number of rotatable bonds is 4. The molecule has 0 saturated carbocycles. The number of guanidine groups is 1. The molecular formula is C8H17N5. The van der Waals surface area contributed by atoms with Gasteiger partial charge in [-0.1, -0.05) is 0 Å². The van der Waals surface area contributed by atoms with E-state index in [2.05, 4.69) is 10.3 Å². The number of nitrogens with two attached hydrogens (primary N) is 1. The van der Waals surface area contributed by atoms with Crippen molar-refractivity contribution in [2.24, 2.45) is 10.7 Å². The fourth-order valence-corrected chi connectivity index (χ4v) is 0.784. The second-order valence-electron chi connectivity index (χ2n) is 2.83. The lowest BCUT2D eigenvalue weighted by atomic mass is 10.3. The first-order valence-electron chi connectivity index (χ1n) is 4.29. The largest absolute Gasteiger partial charge is 0.348 e. The molecule has 0 aromatic heterocycles. The molecule has 0 fully saturated rings. The summed E-state index contributed by atoms with van der Waals surface area (Å²) in [5.74, 6) is 0.597. The highest BCUT2D eigenvalue weighted by Gasteiger charge is 1.98. The molecule has 13 heavy (non-hydrogen) atoms. The molecule has 74 valence electrons. The van der Waals surface area contributed by atoms with Crippen LogP contribution in [0.5, 0.6) is 0 Å². The van der Waals surface area contributed by atoms with E-state index in [0.29, 0.717) is 19.0 Å². The molecule has 5 nitrogen and oxygen atoms in total. The van der Waals surface area contributed by atoms with Gasteiger partial charge in [0.2, 0.25) is 5.96 Å². The van der Waals surface area contributed by atoms with Gasteiger partial charge in [0.25, 0.3) is 0 Å². The van der Waals surface area contributed by atoms with Gasteiger partial charge in [0.15, 0.2) is 6.19 Å². The van der Waals surface area contributed by atoms with Gasteiger partial charge in [-0.05, 0) is 19.4 Å². The van der Waals surface area contributed by atoms with E-state index >= 15 is 0 Å². The highest BCUT2D eigenvalue weighted by atomic mass is 15.3. The van der Waals surface area contributed by atoms with E-state index in [9.17, 15) is 0 Å². The van der Waals surface area contributed by atoms with Crippen LogP contribution in [0.2, 0.25) is 0 Å². The number of hydrogen-bond donors (Lipinski definition) is 2. The van der Waals surface area contributed by atoms with Gasteiger partial charge in [-0.15, -0.1) is 0 Å². The maximum Gasteiger partial charge on any atom is 0.206 e. The number of unbranched alkanes of at least 4 members (excludes halogenated alkanes) is 1. The highest BCUT2D eigenvalue weighted by Crippen LogP contribution is 1.88. The smallest absolute Gasteiger partial charge is 0.206 e. The first kappa shape index (κ1) is 11.7. The third-order valence-corrected chi connectivity index (χ3v) is 1.47. The Labute approximate surface area is 79.2 Å². The summed E-state index contributed by atoms with van der Waals surface area (Å²) in [6, 6.07) is 0. The normalized spacial score (nSPS) is 10.8. The average Bonchev–Trinajstić information content (AvgIpc) is 2.10. The molecule has 0 aliphatic heterocycles. The number of nitrogens with zero attached hydrogens (tertiary/aromatic N) is 3. The number of nitrogens with one attached hydrogen (secondary N) is 1. The monoisotopic (exact) mass is 183 g/mol. The summed E-state index contributed by atoms with van der Waals surface area (Å²) in [6.45, 7) is 1.40. The van der Waals surface area contributed by atoms with E-state index in [0.717, 1.165) is 12.8 Å².